The molecule has 1 saturated heterocycles. The van der Waals surface area contributed by atoms with Gasteiger partial charge in [0.25, 0.3) is 11.3 Å². The molecule has 2 amide bonds. The van der Waals surface area contributed by atoms with Crippen LogP contribution in [0.3, 0.4) is 0 Å². The number of hydrogen-bond acceptors (Lipinski definition) is 6. The van der Waals surface area contributed by atoms with E-state index in [1.807, 2.05) is 95.9 Å². The first-order chi connectivity index (χ1) is 23.4. The zero-order chi connectivity index (χ0) is 33.9. The molecule has 1 aliphatic rings. The van der Waals surface area contributed by atoms with Gasteiger partial charge >= 0.3 is 0 Å². The lowest BCUT2D eigenvalue weighted by molar-refractivity contribution is -0.135. The predicted octanol–water partition coefficient (Wildman–Crippen LogP) is 4.05. The van der Waals surface area contributed by atoms with Crippen molar-refractivity contribution >= 4 is 39.5 Å². The van der Waals surface area contributed by atoms with Crippen molar-refractivity contribution in [1.29, 1.82) is 0 Å². The van der Waals surface area contributed by atoms with E-state index in [0.717, 1.165) is 34.7 Å². The van der Waals surface area contributed by atoms with Gasteiger partial charge in [-0.3, -0.25) is 23.3 Å². The molecule has 3 unspecified atom stereocenters. The number of aliphatic hydroxyl groups is 2. The highest BCUT2D eigenvalue weighted by molar-refractivity contribution is 7.80. The lowest BCUT2D eigenvalue weighted by atomic mass is 10.00. The zero-order valence-electron chi connectivity index (χ0n) is 27.0. The second-order valence-electron chi connectivity index (χ2n) is 12.1. The first kappa shape index (κ1) is 35.2. The number of rotatable bonds is 16. The van der Waals surface area contributed by atoms with Gasteiger partial charge in [0, 0.05) is 39.1 Å². The number of fused-ring (bicyclic) bond motifs is 1. The van der Waals surface area contributed by atoms with Crippen molar-refractivity contribution in [1.82, 2.24) is 15.1 Å². The fourth-order valence-electron chi connectivity index (χ4n) is 6.32. The molecule has 10 nitrogen and oxygen atoms in total. The van der Waals surface area contributed by atoms with Gasteiger partial charge in [-0.2, -0.15) is 0 Å². The highest BCUT2D eigenvalue weighted by Gasteiger charge is 2.32. The van der Waals surface area contributed by atoms with Gasteiger partial charge in [-0.25, -0.2) is 4.21 Å². The van der Waals surface area contributed by atoms with Crippen molar-refractivity contribution in [2.75, 3.05) is 43.7 Å². The molecule has 0 aromatic heterocycles. The number of anilines is 1. The molecule has 5 rings (SSSR count). The number of likely N-dealkylation sites (tertiary alicyclic amines) is 1. The predicted molar refractivity (Wildman–Crippen MR) is 188 cm³/mol. The molecule has 1 aliphatic heterocycles. The number of benzene rings is 4. The van der Waals surface area contributed by atoms with Crippen molar-refractivity contribution in [2.45, 2.75) is 44.3 Å². The van der Waals surface area contributed by atoms with Crippen LogP contribution >= 0.6 is 0 Å². The van der Waals surface area contributed by atoms with Crippen LogP contribution in [-0.4, -0.2) is 86.0 Å². The van der Waals surface area contributed by atoms with Crippen molar-refractivity contribution in [3.8, 4) is 0 Å². The summed E-state index contributed by atoms with van der Waals surface area (Å²) in [5.41, 5.74) is 3.07. The number of nitrogens with one attached hydrogen (secondary N) is 1. The minimum atomic E-state index is -2.46. The smallest absolute Gasteiger partial charge is 0.262 e. The molecule has 0 aliphatic carbocycles. The molecule has 3 atom stereocenters. The van der Waals surface area contributed by atoms with Crippen LogP contribution in [0.1, 0.15) is 42.0 Å². The molecule has 0 spiro atoms. The third kappa shape index (κ3) is 9.27. The summed E-state index contributed by atoms with van der Waals surface area (Å²) in [7, 11) is 0. The van der Waals surface area contributed by atoms with Crippen LogP contribution in [0.25, 0.3) is 10.8 Å². The topological polar surface area (TPSA) is 134 Å². The average Bonchev–Trinajstić information content (AvgIpc) is 3.64. The van der Waals surface area contributed by atoms with Gasteiger partial charge in [-0.1, -0.05) is 84.9 Å². The summed E-state index contributed by atoms with van der Waals surface area (Å²) >= 11 is -2.46. The van der Waals surface area contributed by atoms with Crippen LogP contribution in [0.5, 0.6) is 0 Å². The van der Waals surface area contributed by atoms with E-state index in [1.54, 1.807) is 11.0 Å². The number of aliphatic hydroxyl groups excluding tert-OH is 2. The monoisotopic (exact) mass is 672 g/mol. The van der Waals surface area contributed by atoms with E-state index in [1.165, 1.54) is 4.31 Å². The maximum Gasteiger partial charge on any atom is 0.262 e. The van der Waals surface area contributed by atoms with E-state index < -0.39 is 29.3 Å². The molecule has 48 heavy (non-hydrogen) atoms. The Morgan fingerprint density at radius 2 is 1.44 bits per heavy atom. The minimum absolute atomic E-state index is 0.00254. The first-order valence-corrected chi connectivity index (χ1v) is 17.5. The van der Waals surface area contributed by atoms with Gasteiger partial charge < -0.3 is 20.4 Å². The highest BCUT2D eigenvalue weighted by atomic mass is 32.2. The molecule has 0 bridgehead atoms. The molecule has 1 fully saturated rings. The van der Waals surface area contributed by atoms with E-state index in [-0.39, 0.29) is 32.0 Å². The van der Waals surface area contributed by atoms with Gasteiger partial charge in [-0.15, -0.1) is 0 Å². The quantitative estimate of drug-likeness (QED) is 0.132. The van der Waals surface area contributed by atoms with Gasteiger partial charge in [0.05, 0.1) is 31.4 Å². The van der Waals surface area contributed by atoms with Gasteiger partial charge in [0.1, 0.15) is 6.04 Å². The summed E-state index contributed by atoms with van der Waals surface area (Å²) < 4.78 is 24.9. The fraction of sp³-hybridized carbons (Fsp3) is 0.351. The second kappa shape index (κ2) is 17.3. The van der Waals surface area contributed by atoms with Crippen LogP contribution in [-0.2, 0) is 33.8 Å². The average molecular weight is 673 g/mol. The molecule has 0 saturated carbocycles. The maximum absolute atomic E-state index is 13.9. The van der Waals surface area contributed by atoms with Crippen LogP contribution < -0.4 is 9.62 Å². The Morgan fingerprint density at radius 3 is 2.08 bits per heavy atom. The van der Waals surface area contributed by atoms with E-state index in [2.05, 4.69) is 5.32 Å². The van der Waals surface area contributed by atoms with E-state index in [0.29, 0.717) is 44.0 Å². The number of carbonyl (C=O) groups is 2. The van der Waals surface area contributed by atoms with E-state index >= 15 is 0 Å². The van der Waals surface area contributed by atoms with E-state index in [4.69, 9.17) is 0 Å². The normalized spacial score (nSPS) is 15.0. The highest BCUT2D eigenvalue weighted by Crippen LogP contribution is 2.33. The summed E-state index contributed by atoms with van der Waals surface area (Å²) in [6.45, 7) is 2.74. The molecule has 4 aromatic carbocycles. The Bertz CT molecular complexity index is 1660. The standard InChI is InChI=1S/C37H44N4O6S/c42-22-20-39(21-23-43)27-29-14-12-28(13-15-29)24-34(37(45)40-18-6-7-19-40)38-36(44)26-35(31-9-2-1-3-10-31)41(48(46)47)33-17-16-30-8-4-5-11-32(30)25-33/h1-5,8-17,25,34-35,42-43H,6-7,18-24,26-27H2,(H,38,44)(H,46,47). The number of nitrogens with zero attached hydrogens (tertiary/aromatic N) is 3. The summed E-state index contributed by atoms with van der Waals surface area (Å²) in [5, 5.41) is 23.6. The van der Waals surface area contributed by atoms with Crippen molar-refractivity contribution in [3.05, 3.63) is 114 Å². The molecule has 4 N–H and O–H groups in total. The summed E-state index contributed by atoms with van der Waals surface area (Å²) in [4.78, 5) is 31.4. The Balaban J connectivity index is 1.38. The number of carbonyl (C=O) groups excluding carboxylic acids is 2. The maximum atomic E-state index is 13.9. The van der Waals surface area contributed by atoms with Crippen molar-refractivity contribution in [3.63, 3.8) is 0 Å². The molecule has 0 radical (unpaired) electrons. The van der Waals surface area contributed by atoms with E-state index in [9.17, 15) is 28.6 Å². The Hall–Kier alpha value is -4.13. The molecule has 1 heterocycles. The first-order valence-electron chi connectivity index (χ1n) is 16.4. The lowest BCUT2D eigenvalue weighted by Crippen LogP contribution is -2.49. The summed E-state index contributed by atoms with van der Waals surface area (Å²) in [5.74, 6) is -0.548. The summed E-state index contributed by atoms with van der Waals surface area (Å²) in [6.07, 6.45) is 1.96. The largest absolute Gasteiger partial charge is 0.395 e. The zero-order valence-corrected chi connectivity index (χ0v) is 27.8. The molecular formula is C37H44N4O6S. The molecular weight excluding hydrogens is 628 g/mol. The van der Waals surface area contributed by atoms with Gasteiger partial charge in [0.15, 0.2) is 0 Å². The molecule has 11 heteroatoms. The van der Waals surface area contributed by atoms with Crippen LogP contribution in [0.15, 0.2) is 97.1 Å². The van der Waals surface area contributed by atoms with Crippen LogP contribution in [0, 0.1) is 0 Å². The Kier molecular flexibility index (Phi) is 12.7. The third-order valence-electron chi connectivity index (χ3n) is 8.75. The fourth-order valence-corrected chi connectivity index (χ4v) is 7.03. The Labute approximate surface area is 284 Å². The number of hydrogen-bond donors (Lipinski definition) is 4. The van der Waals surface area contributed by atoms with Gasteiger partial charge in [-0.05, 0) is 52.4 Å². The molecule has 4 aromatic rings. The SMILES string of the molecule is O=C(CC(c1ccccc1)N(c1ccc2ccccc2c1)S(=O)O)NC(Cc1ccc(CN(CCO)CCO)cc1)C(=O)N1CCCC1. The van der Waals surface area contributed by atoms with Crippen molar-refractivity contribution in [2.24, 2.45) is 0 Å². The third-order valence-corrected chi connectivity index (χ3v) is 9.56. The van der Waals surface area contributed by atoms with Crippen molar-refractivity contribution < 1.29 is 28.6 Å². The van der Waals surface area contributed by atoms with Gasteiger partial charge in [0.2, 0.25) is 11.8 Å². The van der Waals surface area contributed by atoms with Crippen LogP contribution in [0.2, 0.25) is 0 Å². The lowest BCUT2D eigenvalue weighted by Gasteiger charge is -2.31. The number of amides is 2. The minimum Gasteiger partial charge on any atom is -0.395 e. The molecule has 254 valence electrons. The van der Waals surface area contributed by atoms with Crippen LogP contribution in [0.4, 0.5) is 5.69 Å². The second-order valence-corrected chi connectivity index (χ2v) is 13.0. The summed E-state index contributed by atoms with van der Waals surface area (Å²) in [6, 6.07) is 28.6. The Morgan fingerprint density at radius 1 is 0.812 bits per heavy atom.